The molecule has 4 nitrogen and oxygen atoms in total. The van der Waals surface area contributed by atoms with Crippen LogP contribution in [0.5, 0.6) is 0 Å². The van der Waals surface area contributed by atoms with Crippen LogP contribution in [0.1, 0.15) is 26.7 Å². The molecule has 0 bridgehead atoms. The fraction of sp³-hybridized carbons (Fsp3) is 0.467. The van der Waals surface area contributed by atoms with Gasteiger partial charge in [0.25, 0.3) is 0 Å². The third-order valence-electron chi connectivity index (χ3n) is 3.32. The van der Waals surface area contributed by atoms with Crippen LogP contribution < -0.4 is 10.6 Å². The highest BCUT2D eigenvalue weighted by molar-refractivity contribution is 5.97. The molecule has 19 heavy (non-hydrogen) atoms. The van der Waals surface area contributed by atoms with Crippen molar-refractivity contribution in [3.8, 4) is 6.07 Å². The molecule has 0 spiro atoms. The average molecular weight is 259 g/mol. The molecule has 2 atom stereocenters. The Morgan fingerprint density at radius 2 is 2.05 bits per heavy atom. The van der Waals surface area contributed by atoms with Gasteiger partial charge in [0.05, 0.1) is 18.5 Å². The zero-order valence-corrected chi connectivity index (χ0v) is 11.5. The van der Waals surface area contributed by atoms with Gasteiger partial charge in [-0.15, -0.1) is 0 Å². The van der Waals surface area contributed by atoms with Crippen LogP contribution in [0, 0.1) is 17.2 Å². The van der Waals surface area contributed by atoms with Crippen molar-refractivity contribution >= 4 is 11.6 Å². The van der Waals surface area contributed by atoms with Gasteiger partial charge in [-0.3, -0.25) is 4.79 Å². The highest BCUT2D eigenvalue weighted by Gasteiger charge is 2.25. The van der Waals surface area contributed by atoms with E-state index in [0.29, 0.717) is 13.0 Å². The maximum absolute atomic E-state index is 12.4. The van der Waals surface area contributed by atoms with Crippen LogP contribution in [0.25, 0.3) is 0 Å². The summed E-state index contributed by atoms with van der Waals surface area (Å²) in [6, 6.07) is 10.9. The summed E-state index contributed by atoms with van der Waals surface area (Å²) in [5.74, 6) is 0.0107. The average Bonchev–Trinajstić information content (AvgIpc) is 2.46. The first-order valence-corrected chi connectivity index (χ1v) is 6.60. The second kappa shape index (κ2) is 7.55. The molecule has 0 aliphatic rings. The second-order valence-corrected chi connectivity index (χ2v) is 4.64. The second-order valence-electron chi connectivity index (χ2n) is 4.64. The van der Waals surface area contributed by atoms with Gasteiger partial charge in [0.15, 0.2) is 0 Å². The molecule has 1 amide bonds. The number of carbonyl (C=O) groups excluding carboxylic acids is 1. The molecule has 0 aliphatic carbocycles. The number of carbonyl (C=O) groups is 1. The van der Waals surface area contributed by atoms with Crippen LogP contribution in [-0.2, 0) is 4.79 Å². The van der Waals surface area contributed by atoms with Crippen LogP contribution in [-0.4, -0.2) is 18.5 Å². The predicted molar refractivity (Wildman–Crippen MR) is 76.5 cm³/mol. The van der Waals surface area contributed by atoms with E-state index in [4.69, 9.17) is 11.0 Å². The third kappa shape index (κ3) is 4.08. The van der Waals surface area contributed by atoms with Gasteiger partial charge < -0.3 is 10.6 Å². The molecule has 0 aromatic heterocycles. The summed E-state index contributed by atoms with van der Waals surface area (Å²) in [4.78, 5) is 14.1. The van der Waals surface area contributed by atoms with Crippen molar-refractivity contribution in [1.82, 2.24) is 0 Å². The van der Waals surface area contributed by atoms with Gasteiger partial charge in [0.2, 0.25) is 5.91 Å². The number of rotatable bonds is 6. The first kappa shape index (κ1) is 15.2. The Bertz CT molecular complexity index is 438. The summed E-state index contributed by atoms with van der Waals surface area (Å²) >= 11 is 0. The van der Waals surface area contributed by atoms with Crippen molar-refractivity contribution in [1.29, 1.82) is 5.26 Å². The smallest absolute Gasteiger partial charge is 0.244 e. The van der Waals surface area contributed by atoms with Crippen molar-refractivity contribution in [3.05, 3.63) is 30.3 Å². The van der Waals surface area contributed by atoms with E-state index in [1.807, 2.05) is 44.2 Å². The Labute approximate surface area is 114 Å². The number of anilines is 1. The molecule has 0 heterocycles. The maximum Gasteiger partial charge on any atom is 0.244 e. The molecule has 4 heteroatoms. The highest BCUT2D eigenvalue weighted by atomic mass is 16.2. The zero-order valence-electron chi connectivity index (χ0n) is 11.5. The topological polar surface area (TPSA) is 70.1 Å². The van der Waals surface area contributed by atoms with Gasteiger partial charge >= 0.3 is 0 Å². The molecule has 1 rings (SSSR count). The Morgan fingerprint density at radius 1 is 1.42 bits per heavy atom. The van der Waals surface area contributed by atoms with E-state index in [-0.39, 0.29) is 11.8 Å². The van der Waals surface area contributed by atoms with Gasteiger partial charge in [-0.05, 0) is 18.1 Å². The van der Waals surface area contributed by atoms with Gasteiger partial charge in [-0.2, -0.15) is 5.26 Å². The number of benzene rings is 1. The molecule has 0 radical (unpaired) electrons. The van der Waals surface area contributed by atoms with Crippen molar-refractivity contribution in [2.24, 2.45) is 11.7 Å². The largest absolute Gasteiger partial charge is 0.320 e. The lowest BCUT2D eigenvalue weighted by molar-refractivity contribution is -0.120. The number of nitriles is 1. The number of hydrogen-bond donors (Lipinski definition) is 1. The van der Waals surface area contributed by atoms with Crippen LogP contribution in [0.3, 0.4) is 0 Å². The molecule has 1 aromatic carbocycles. The lowest BCUT2D eigenvalue weighted by Crippen LogP contribution is -2.47. The number of nitrogens with zero attached hydrogens (tertiary/aromatic N) is 2. The standard InChI is InChI=1S/C15H21N3O/c1-3-12(2)14(17)15(19)18(11-7-10-16)13-8-5-4-6-9-13/h4-6,8-9,12,14H,3,7,11,17H2,1-2H3/t12?,14-/m0/s1. The monoisotopic (exact) mass is 259 g/mol. The highest BCUT2D eigenvalue weighted by Crippen LogP contribution is 2.17. The van der Waals surface area contributed by atoms with Crippen LogP contribution in [0.2, 0.25) is 0 Å². The molecule has 102 valence electrons. The number of amides is 1. The lowest BCUT2D eigenvalue weighted by Gasteiger charge is -2.27. The minimum absolute atomic E-state index is 0.115. The van der Waals surface area contributed by atoms with Crippen molar-refractivity contribution in [2.45, 2.75) is 32.7 Å². The first-order chi connectivity index (χ1) is 9.11. The van der Waals surface area contributed by atoms with Crippen molar-refractivity contribution in [3.63, 3.8) is 0 Å². The molecule has 1 unspecified atom stereocenters. The van der Waals surface area contributed by atoms with Crippen LogP contribution in [0.15, 0.2) is 30.3 Å². The summed E-state index contributed by atoms with van der Waals surface area (Å²) < 4.78 is 0. The van der Waals surface area contributed by atoms with E-state index in [9.17, 15) is 4.79 Å². The van der Waals surface area contributed by atoms with E-state index in [2.05, 4.69) is 6.07 Å². The number of nitrogens with two attached hydrogens (primary N) is 1. The normalized spacial score (nSPS) is 13.4. The molecular formula is C15H21N3O. The Hall–Kier alpha value is -1.86. The van der Waals surface area contributed by atoms with Crippen LogP contribution >= 0.6 is 0 Å². The summed E-state index contributed by atoms with van der Waals surface area (Å²) in [7, 11) is 0. The third-order valence-corrected chi connectivity index (χ3v) is 3.32. The fourth-order valence-electron chi connectivity index (χ4n) is 1.81. The minimum atomic E-state index is -0.524. The molecular weight excluding hydrogens is 238 g/mol. The Morgan fingerprint density at radius 3 is 2.58 bits per heavy atom. The van der Waals surface area contributed by atoms with Gasteiger partial charge in [-0.1, -0.05) is 38.5 Å². The summed E-state index contributed by atoms with van der Waals surface area (Å²) in [5, 5.41) is 8.72. The van der Waals surface area contributed by atoms with E-state index < -0.39 is 6.04 Å². The number of para-hydroxylation sites is 1. The summed E-state index contributed by atoms with van der Waals surface area (Å²) in [6.07, 6.45) is 1.15. The van der Waals surface area contributed by atoms with Gasteiger partial charge in [0.1, 0.15) is 0 Å². The minimum Gasteiger partial charge on any atom is -0.320 e. The van der Waals surface area contributed by atoms with E-state index in [0.717, 1.165) is 12.1 Å². The zero-order chi connectivity index (χ0) is 14.3. The fourth-order valence-corrected chi connectivity index (χ4v) is 1.81. The molecule has 0 saturated heterocycles. The van der Waals surface area contributed by atoms with E-state index >= 15 is 0 Å². The molecule has 0 saturated carbocycles. The maximum atomic E-state index is 12.4. The van der Waals surface area contributed by atoms with E-state index in [1.54, 1.807) is 4.90 Å². The summed E-state index contributed by atoms with van der Waals surface area (Å²) in [6.45, 7) is 4.36. The van der Waals surface area contributed by atoms with E-state index in [1.165, 1.54) is 0 Å². The molecule has 1 aromatic rings. The predicted octanol–water partition coefficient (Wildman–Crippen LogP) is 2.31. The van der Waals surface area contributed by atoms with Crippen molar-refractivity contribution < 1.29 is 4.79 Å². The molecule has 0 fully saturated rings. The van der Waals surface area contributed by atoms with Crippen molar-refractivity contribution in [2.75, 3.05) is 11.4 Å². The quantitative estimate of drug-likeness (QED) is 0.852. The number of hydrogen-bond acceptors (Lipinski definition) is 3. The molecule has 0 aliphatic heterocycles. The summed E-state index contributed by atoms with van der Waals surface area (Å²) in [5.41, 5.74) is 6.80. The molecule has 2 N–H and O–H groups in total. The van der Waals surface area contributed by atoms with Gasteiger partial charge in [-0.25, -0.2) is 0 Å². The first-order valence-electron chi connectivity index (χ1n) is 6.60. The lowest BCUT2D eigenvalue weighted by atomic mass is 9.98. The Balaban J connectivity index is 2.92. The van der Waals surface area contributed by atoms with Crippen LogP contribution in [0.4, 0.5) is 5.69 Å². The Kier molecular flexibility index (Phi) is 6.04. The van der Waals surface area contributed by atoms with Gasteiger partial charge in [0, 0.05) is 12.2 Å². The SMILES string of the molecule is CCC(C)[C@H](N)C(=O)N(CCC#N)c1ccccc1.